The summed E-state index contributed by atoms with van der Waals surface area (Å²) in [6.07, 6.45) is 2.71. The van der Waals surface area contributed by atoms with Crippen LogP contribution in [-0.2, 0) is 0 Å². The lowest BCUT2D eigenvalue weighted by Crippen LogP contribution is -2.39. The van der Waals surface area contributed by atoms with Crippen molar-refractivity contribution >= 4 is 11.6 Å². The molecule has 0 spiro atoms. The van der Waals surface area contributed by atoms with Crippen molar-refractivity contribution in [2.45, 2.75) is 38.8 Å². The number of rotatable bonds is 5. The van der Waals surface area contributed by atoms with Gasteiger partial charge in [-0.1, -0.05) is 29.8 Å². The Bertz CT molecular complexity index is 375. The molecule has 1 heterocycles. The van der Waals surface area contributed by atoms with Crippen LogP contribution in [-0.4, -0.2) is 30.6 Å². The largest absolute Gasteiger partial charge is 0.306 e. The Morgan fingerprint density at radius 3 is 2.56 bits per heavy atom. The Labute approximate surface area is 115 Å². The third kappa shape index (κ3) is 3.71. The molecule has 0 amide bonds. The molecule has 2 rings (SSSR count). The lowest BCUT2D eigenvalue weighted by atomic mass is 10.1. The van der Waals surface area contributed by atoms with Crippen LogP contribution in [0.25, 0.3) is 0 Å². The molecular weight excluding hydrogens is 244 g/mol. The van der Waals surface area contributed by atoms with Gasteiger partial charge in [-0.3, -0.25) is 0 Å². The van der Waals surface area contributed by atoms with Crippen LogP contribution in [0, 0.1) is 0 Å². The van der Waals surface area contributed by atoms with Gasteiger partial charge in [0.1, 0.15) is 0 Å². The van der Waals surface area contributed by atoms with Gasteiger partial charge in [0.15, 0.2) is 0 Å². The van der Waals surface area contributed by atoms with Gasteiger partial charge in [0, 0.05) is 23.7 Å². The van der Waals surface area contributed by atoms with Gasteiger partial charge in [0.2, 0.25) is 0 Å². The standard InChI is InChI=1S/C15H23ClN2/c1-12(11-18-9-5-6-10-18)17-13(2)14-7-3-4-8-15(14)16/h3-4,7-8,12-13,17H,5-6,9-11H2,1-2H3. The van der Waals surface area contributed by atoms with Crippen molar-refractivity contribution < 1.29 is 0 Å². The van der Waals surface area contributed by atoms with Crippen molar-refractivity contribution in [3.05, 3.63) is 34.9 Å². The Balaban J connectivity index is 1.86. The van der Waals surface area contributed by atoms with E-state index in [9.17, 15) is 0 Å². The summed E-state index contributed by atoms with van der Waals surface area (Å²) in [5.74, 6) is 0. The SMILES string of the molecule is CC(CN1CCCC1)NC(C)c1ccccc1Cl. The molecule has 2 nitrogen and oxygen atoms in total. The van der Waals surface area contributed by atoms with Gasteiger partial charge in [-0.2, -0.15) is 0 Å². The summed E-state index contributed by atoms with van der Waals surface area (Å²) < 4.78 is 0. The first kappa shape index (κ1) is 13.9. The third-order valence-electron chi connectivity index (χ3n) is 3.64. The minimum absolute atomic E-state index is 0.302. The van der Waals surface area contributed by atoms with Crippen molar-refractivity contribution in [2.75, 3.05) is 19.6 Å². The predicted octanol–water partition coefficient (Wildman–Crippen LogP) is 3.47. The fraction of sp³-hybridized carbons (Fsp3) is 0.600. The molecule has 2 atom stereocenters. The Morgan fingerprint density at radius 1 is 1.22 bits per heavy atom. The third-order valence-corrected chi connectivity index (χ3v) is 3.98. The predicted molar refractivity (Wildman–Crippen MR) is 78.1 cm³/mol. The summed E-state index contributed by atoms with van der Waals surface area (Å²) in [7, 11) is 0. The second-order valence-electron chi connectivity index (χ2n) is 5.32. The van der Waals surface area contributed by atoms with Crippen molar-refractivity contribution in [3.63, 3.8) is 0 Å². The molecule has 3 heteroatoms. The molecule has 0 aliphatic carbocycles. The van der Waals surface area contributed by atoms with E-state index in [0.717, 1.165) is 11.6 Å². The normalized spacial score (nSPS) is 19.9. The van der Waals surface area contributed by atoms with E-state index >= 15 is 0 Å². The number of hydrogen-bond donors (Lipinski definition) is 1. The second-order valence-corrected chi connectivity index (χ2v) is 5.73. The number of halogens is 1. The first-order chi connectivity index (χ1) is 8.66. The summed E-state index contributed by atoms with van der Waals surface area (Å²) in [6.45, 7) is 8.08. The molecule has 0 radical (unpaired) electrons. The molecule has 0 bridgehead atoms. The van der Waals surface area contributed by atoms with E-state index in [4.69, 9.17) is 11.6 Å². The van der Waals surface area contributed by atoms with Gasteiger partial charge >= 0.3 is 0 Å². The zero-order chi connectivity index (χ0) is 13.0. The van der Waals surface area contributed by atoms with E-state index in [1.165, 1.54) is 31.5 Å². The molecule has 1 fully saturated rings. The molecule has 18 heavy (non-hydrogen) atoms. The summed E-state index contributed by atoms with van der Waals surface area (Å²) in [5, 5.41) is 4.49. The Morgan fingerprint density at radius 2 is 1.89 bits per heavy atom. The Kier molecular flexibility index (Phi) is 5.04. The molecule has 1 aliphatic rings. The van der Waals surface area contributed by atoms with Crippen LogP contribution >= 0.6 is 11.6 Å². The maximum atomic E-state index is 6.22. The van der Waals surface area contributed by atoms with Crippen molar-refractivity contribution in [2.24, 2.45) is 0 Å². The average Bonchev–Trinajstić information content (AvgIpc) is 2.82. The van der Waals surface area contributed by atoms with Crippen molar-refractivity contribution in [1.82, 2.24) is 10.2 Å². The number of hydrogen-bond acceptors (Lipinski definition) is 2. The van der Waals surface area contributed by atoms with Gasteiger partial charge in [-0.25, -0.2) is 0 Å². The first-order valence-electron chi connectivity index (χ1n) is 6.89. The Hall–Kier alpha value is -0.570. The van der Waals surface area contributed by atoms with E-state index < -0.39 is 0 Å². The van der Waals surface area contributed by atoms with Crippen LogP contribution < -0.4 is 5.32 Å². The van der Waals surface area contributed by atoms with E-state index in [0.29, 0.717) is 12.1 Å². The number of nitrogens with zero attached hydrogens (tertiary/aromatic N) is 1. The summed E-state index contributed by atoms with van der Waals surface area (Å²) in [5.41, 5.74) is 1.19. The average molecular weight is 267 g/mol. The molecule has 0 saturated carbocycles. The lowest BCUT2D eigenvalue weighted by molar-refractivity contribution is 0.289. The number of likely N-dealkylation sites (tertiary alicyclic amines) is 1. The van der Waals surface area contributed by atoms with E-state index in [-0.39, 0.29) is 0 Å². The van der Waals surface area contributed by atoms with Crippen LogP contribution in [0.4, 0.5) is 0 Å². The van der Waals surface area contributed by atoms with Crippen LogP contribution in [0.2, 0.25) is 5.02 Å². The molecule has 1 aromatic carbocycles. The number of benzene rings is 1. The lowest BCUT2D eigenvalue weighted by Gasteiger charge is -2.25. The fourth-order valence-electron chi connectivity index (χ4n) is 2.75. The van der Waals surface area contributed by atoms with Gasteiger partial charge in [-0.05, 0) is 51.4 Å². The van der Waals surface area contributed by atoms with Crippen molar-refractivity contribution in [3.8, 4) is 0 Å². The quantitative estimate of drug-likeness (QED) is 0.878. The monoisotopic (exact) mass is 266 g/mol. The highest BCUT2D eigenvalue weighted by Crippen LogP contribution is 2.22. The maximum absolute atomic E-state index is 6.22. The molecular formula is C15H23ClN2. The highest BCUT2D eigenvalue weighted by Gasteiger charge is 2.17. The minimum Gasteiger partial charge on any atom is -0.306 e. The topological polar surface area (TPSA) is 15.3 Å². The van der Waals surface area contributed by atoms with Crippen LogP contribution in [0.5, 0.6) is 0 Å². The summed E-state index contributed by atoms with van der Waals surface area (Å²) in [6, 6.07) is 8.88. The molecule has 100 valence electrons. The molecule has 1 aromatic rings. The van der Waals surface area contributed by atoms with Crippen LogP contribution in [0.3, 0.4) is 0 Å². The van der Waals surface area contributed by atoms with Gasteiger partial charge in [0.05, 0.1) is 0 Å². The van der Waals surface area contributed by atoms with Crippen LogP contribution in [0.1, 0.15) is 38.3 Å². The highest BCUT2D eigenvalue weighted by molar-refractivity contribution is 6.31. The molecule has 0 aromatic heterocycles. The number of nitrogens with one attached hydrogen (secondary N) is 1. The zero-order valence-electron chi connectivity index (χ0n) is 11.3. The van der Waals surface area contributed by atoms with Crippen molar-refractivity contribution in [1.29, 1.82) is 0 Å². The van der Waals surface area contributed by atoms with Crippen LogP contribution in [0.15, 0.2) is 24.3 Å². The molecule has 1 N–H and O–H groups in total. The zero-order valence-corrected chi connectivity index (χ0v) is 12.1. The van der Waals surface area contributed by atoms with Gasteiger partial charge in [0.25, 0.3) is 0 Å². The summed E-state index contributed by atoms with van der Waals surface area (Å²) >= 11 is 6.22. The molecule has 1 saturated heterocycles. The smallest absolute Gasteiger partial charge is 0.0453 e. The van der Waals surface area contributed by atoms with Gasteiger partial charge in [-0.15, -0.1) is 0 Å². The summed E-state index contributed by atoms with van der Waals surface area (Å²) in [4.78, 5) is 2.54. The second kappa shape index (κ2) is 6.55. The van der Waals surface area contributed by atoms with Gasteiger partial charge < -0.3 is 10.2 Å². The maximum Gasteiger partial charge on any atom is 0.0453 e. The van der Waals surface area contributed by atoms with E-state index in [2.05, 4.69) is 30.1 Å². The molecule has 2 unspecified atom stereocenters. The first-order valence-corrected chi connectivity index (χ1v) is 7.27. The van der Waals surface area contributed by atoms with E-state index in [1.807, 2.05) is 18.2 Å². The fourth-order valence-corrected chi connectivity index (χ4v) is 3.05. The minimum atomic E-state index is 0.302. The van der Waals surface area contributed by atoms with E-state index in [1.54, 1.807) is 0 Å². The molecule has 1 aliphatic heterocycles. The highest BCUT2D eigenvalue weighted by atomic mass is 35.5.